The summed E-state index contributed by atoms with van der Waals surface area (Å²) < 4.78 is 5.60. The van der Waals surface area contributed by atoms with E-state index in [0.717, 1.165) is 29.6 Å². The molecule has 1 aromatic heterocycles. The highest BCUT2D eigenvalue weighted by molar-refractivity contribution is 5.81. The van der Waals surface area contributed by atoms with Crippen LogP contribution in [0.1, 0.15) is 18.6 Å². The van der Waals surface area contributed by atoms with E-state index >= 15 is 0 Å². The van der Waals surface area contributed by atoms with E-state index in [-0.39, 0.29) is 11.8 Å². The molecule has 1 N–H and O–H groups in total. The van der Waals surface area contributed by atoms with Gasteiger partial charge in [-0.05, 0) is 25.0 Å². The first-order valence-electron chi connectivity index (χ1n) is 5.58. The van der Waals surface area contributed by atoms with E-state index in [0.29, 0.717) is 6.54 Å². The largest absolute Gasteiger partial charge is 0.459 e. The molecule has 1 aromatic carbocycles. The molecule has 0 bridgehead atoms. The van der Waals surface area contributed by atoms with Crippen molar-refractivity contribution >= 4 is 16.9 Å². The van der Waals surface area contributed by atoms with Gasteiger partial charge in [0.1, 0.15) is 11.3 Å². The topological polar surface area (TPSA) is 42.2 Å². The zero-order valence-corrected chi connectivity index (χ0v) is 8.90. The summed E-state index contributed by atoms with van der Waals surface area (Å²) in [4.78, 5) is 11.4. The van der Waals surface area contributed by atoms with E-state index in [1.807, 2.05) is 30.3 Å². The van der Waals surface area contributed by atoms with Gasteiger partial charge in [-0.15, -0.1) is 0 Å². The van der Waals surface area contributed by atoms with Crippen molar-refractivity contribution in [1.82, 2.24) is 5.32 Å². The molecule has 0 unspecified atom stereocenters. The van der Waals surface area contributed by atoms with Crippen LogP contribution in [0.3, 0.4) is 0 Å². The number of carbonyl (C=O) groups is 1. The maximum Gasteiger partial charge on any atom is 0.223 e. The summed E-state index contributed by atoms with van der Waals surface area (Å²) in [5.41, 5.74) is 0.873. The lowest BCUT2D eigenvalue weighted by Gasteiger charge is -1.99. The predicted octanol–water partition coefficient (Wildman–Crippen LogP) is 2.46. The zero-order chi connectivity index (χ0) is 11.0. The van der Waals surface area contributed by atoms with Crippen molar-refractivity contribution in [2.75, 3.05) is 0 Å². The molecule has 1 aliphatic rings. The van der Waals surface area contributed by atoms with Crippen LogP contribution in [-0.2, 0) is 11.3 Å². The van der Waals surface area contributed by atoms with E-state index in [4.69, 9.17) is 4.42 Å². The number of amides is 1. The van der Waals surface area contributed by atoms with Gasteiger partial charge in [0.05, 0.1) is 6.54 Å². The van der Waals surface area contributed by atoms with Gasteiger partial charge in [0, 0.05) is 11.3 Å². The maximum atomic E-state index is 11.4. The van der Waals surface area contributed by atoms with Crippen LogP contribution < -0.4 is 5.32 Å². The Labute approximate surface area is 93.4 Å². The Bertz CT molecular complexity index is 492. The number of carbonyl (C=O) groups excluding carboxylic acids is 1. The summed E-state index contributed by atoms with van der Waals surface area (Å²) in [5.74, 6) is 1.22. The minimum Gasteiger partial charge on any atom is -0.459 e. The average Bonchev–Trinajstić information content (AvgIpc) is 3.06. The van der Waals surface area contributed by atoms with Crippen molar-refractivity contribution in [3.8, 4) is 0 Å². The number of hydrogen-bond donors (Lipinski definition) is 1. The molecule has 3 heteroatoms. The van der Waals surface area contributed by atoms with Crippen molar-refractivity contribution in [1.29, 1.82) is 0 Å². The van der Waals surface area contributed by atoms with Crippen LogP contribution in [0.15, 0.2) is 34.7 Å². The van der Waals surface area contributed by atoms with Crippen LogP contribution in [0.4, 0.5) is 0 Å². The molecule has 1 aliphatic carbocycles. The molecule has 0 aliphatic heterocycles. The molecule has 16 heavy (non-hydrogen) atoms. The van der Waals surface area contributed by atoms with E-state index in [1.165, 1.54) is 0 Å². The summed E-state index contributed by atoms with van der Waals surface area (Å²) in [7, 11) is 0. The molecule has 3 rings (SSSR count). The first kappa shape index (κ1) is 9.46. The third-order valence-corrected chi connectivity index (χ3v) is 2.86. The van der Waals surface area contributed by atoms with Crippen molar-refractivity contribution in [3.05, 3.63) is 36.1 Å². The predicted molar refractivity (Wildman–Crippen MR) is 60.8 cm³/mol. The van der Waals surface area contributed by atoms with E-state index in [9.17, 15) is 4.79 Å². The van der Waals surface area contributed by atoms with Gasteiger partial charge in [0.2, 0.25) is 5.91 Å². The Balaban J connectivity index is 1.71. The second-order valence-corrected chi connectivity index (χ2v) is 4.24. The fraction of sp³-hybridized carbons (Fsp3) is 0.308. The highest BCUT2D eigenvalue weighted by Gasteiger charge is 2.29. The fourth-order valence-electron chi connectivity index (χ4n) is 1.79. The molecule has 0 saturated heterocycles. The number of fused-ring (bicyclic) bond motifs is 1. The number of para-hydroxylation sites is 1. The first-order chi connectivity index (χ1) is 7.83. The van der Waals surface area contributed by atoms with Crippen molar-refractivity contribution in [3.63, 3.8) is 0 Å². The molecule has 1 saturated carbocycles. The van der Waals surface area contributed by atoms with Crippen LogP contribution >= 0.6 is 0 Å². The molecular weight excluding hydrogens is 202 g/mol. The van der Waals surface area contributed by atoms with Gasteiger partial charge in [-0.25, -0.2) is 0 Å². The minimum atomic E-state index is 0.153. The Morgan fingerprint density at radius 3 is 2.94 bits per heavy atom. The maximum absolute atomic E-state index is 11.4. The van der Waals surface area contributed by atoms with Crippen LogP contribution in [0.25, 0.3) is 11.0 Å². The van der Waals surface area contributed by atoms with Crippen LogP contribution in [0.2, 0.25) is 0 Å². The Kier molecular flexibility index (Phi) is 2.17. The fourth-order valence-corrected chi connectivity index (χ4v) is 1.79. The van der Waals surface area contributed by atoms with Crippen molar-refractivity contribution < 1.29 is 9.21 Å². The number of hydrogen-bond acceptors (Lipinski definition) is 2. The highest BCUT2D eigenvalue weighted by atomic mass is 16.3. The normalized spacial score (nSPS) is 15.2. The third-order valence-electron chi connectivity index (χ3n) is 2.86. The van der Waals surface area contributed by atoms with Gasteiger partial charge in [-0.3, -0.25) is 4.79 Å². The third kappa shape index (κ3) is 1.81. The lowest BCUT2D eigenvalue weighted by Crippen LogP contribution is -2.23. The van der Waals surface area contributed by atoms with E-state index in [1.54, 1.807) is 0 Å². The molecule has 1 amide bonds. The molecule has 2 aromatic rings. The zero-order valence-electron chi connectivity index (χ0n) is 8.90. The lowest BCUT2D eigenvalue weighted by atomic mass is 10.2. The number of nitrogens with one attached hydrogen (secondary N) is 1. The van der Waals surface area contributed by atoms with Gasteiger partial charge in [-0.1, -0.05) is 18.2 Å². The van der Waals surface area contributed by atoms with Gasteiger partial charge in [0.15, 0.2) is 0 Å². The molecule has 0 spiro atoms. The smallest absolute Gasteiger partial charge is 0.223 e. The molecule has 3 nitrogen and oxygen atoms in total. The number of furan rings is 1. The van der Waals surface area contributed by atoms with Crippen LogP contribution in [0, 0.1) is 5.92 Å². The number of rotatable bonds is 3. The van der Waals surface area contributed by atoms with Gasteiger partial charge < -0.3 is 9.73 Å². The van der Waals surface area contributed by atoms with Gasteiger partial charge >= 0.3 is 0 Å². The second-order valence-electron chi connectivity index (χ2n) is 4.24. The highest BCUT2D eigenvalue weighted by Crippen LogP contribution is 2.29. The molecule has 1 fully saturated rings. The summed E-state index contributed by atoms with van der Waals surface area (Å²) in [5, 5.41) is 3.97. The van der Waals surface area contributed by atoms with Gasteiger partial charge in [-0.2, -0.15) is 0 Å². The van der Waals surface area contributed by atoms with Crippen molar-refractivity contribution in [2.24, 2.45) is 5.92 Å². The molecule has 82 valence electrons. The first-order valence-corrected chi connectivity index (χ1v) is 5.58. The van der Waals surface area contributed by atoms with Gasteiger partial charge in [0.25, 0.3) is 0 Å². The Hall–Kier alpha value is -1.77. The number of benzene rings is 1. The molecular formula is C13H13NO2. The summed E-state index contributed by atoms with van der Waals surface area (Å²) in [6.45, 7) is 0.490. The van der Waals surface area contributed by atoms with Crippen LogP contribution in [0.5, 0.6) is 0 Å². The average molecular weight is 215 g/mol. The van der Waals surface area contributed by atoms with E-state index in [2.05, 4.69) is 5.32 Å². The Morgan fingerprint density at radius 1 is 1.38 bits per heavy atom. The monoisotopic (exact) mass is 215 g/mol. The Morgan fingerprint density at radius 2 is 2.19 bits per heavy atom. The van der Waals surface area contributed by atoms with E-state index < -0.39 is 0 Å². The minimum absolute atomic E-state index is 0.153. The summed E-state index contributed by atoms with van der Waals surface area (Å²) >= 11 is 0. The van der Waals surface area contributed by atoms with Crippen LogP contribution in [-0.4, -0.2) is 5.91 Å². The SMILES string of the molecule is O=C(NCc1cc2ccccc2o1)C1CC1. The second kappa shape index (κ2) is 3.67. The molecule has 0 radical (unpaired) electrons. The van der Waals surface area contributed by atoms with Crippen molar-refractivity contribution in [2.45, 2.75) is 19.4 Å². The lowest BCUT2D eigenvalue weighted by molar-refractivity contribution is -0.122. The quantitative estimate of drug-likeness (QED) is 0.854. The molecule has 1 heterocycles. The standard InChI is InChI=1S/C13H13NO2/c15-13(9-5-6-9)14-8-11-7-10-3-1-2-4-12(10)16-11/h1-4,7,9H,5-6,8H2,(H,14,15). The summed E-state index contributed by atoms with van der Waals surface area (Å²) in [6, 6.07) is 9.83. The molecule has 0 atom stereocenters. The summed E-state index contributed by atoms with van der Waals surface area (Å²) in [6.07, 6.45) is 2.07.